The summed E-state index contributed by atoms with van der Waals surface area (Å²) in [7, 11) is 1.37. The van der Waals surface area contributed by atoms with Gasteiger partial charge in [-0.25, -0.2) is 0 Å². The first-order valence-electron chi connectivity index (χ1n) is 9.12. The Hall–Kier alpha value is -1.79. The molecule has 0 saturated carbocycles. The van der Waals surface area contributed by atoms with Gasteiger partial charge in [0.1, 0.15) is 0 Å². The highest BCUT2D eigenvalue weighted by atomic mass is 32.2. The molecule has 4 nitrogen and oxygen atoms in total. The highest BCUT2D eigenvalue weighted by Gasteiger charge is 2.18. The van der Waals surface area contributed by atoms with Crippen molar-refractivity contribution in [3.8, 4) is 0 Å². The van der Waals surface area contributed by atoms with Crippen LogP contribution in [0.2, 0.25) is 0 Å². The van der Waals surface area contributed by atoms with Gasteiger partial charge in [-0.3, -0.25) is 9.59 Å². The summed E-state index contributed by atoms with van der Waals surface area (Å²) in [5, 5.41) is 5.16. The lowest BCUT2D eigenvalue weighted by Crippen LogP contribution is -2.29. The summed E-state index contributed by atoms with van der Waals surface area (Å²) in [4.78, 5) is 24.7. The van der Waals surface area contributed by atoms with Crippen LogP contribution in [0, 0.1) is 0 Å². The molecule has 1 heterocycles. The maximum absolute atomic E-state index is 12.4. The highest BCUT2D eigenvalue weighted by Crippen LogP contribution is 2.28. The third-order valence-corrected chi connectivity index (χ3v) is 6.38. The average molecular weight is 406 g/mol. The van der Waals surface area contributed by atoms with E-state index in [-0.39, 0.29) is 23.7 Å². The molecule has 2 aromatic rings. The SMILES string of the molecule is CCC(C)c1ccc(C(NC(=O)CCSCC(=O)OC)c2cccs2)cc1. The Kier molecular flexibility index (Phi) is 8.88. The quantitative estimate of drug-likeness (QED) is 0.457. The number of nitrogens with one attached hydrogen (secondary N) is 1. The molecule has 0 aliphatic heterocycles. The van der Waals surface area contributed by atoms with E-state index in [1.807, 2.05) is 17.5 Å². The Bertz CT molecular complexity index is 714. The van der Waals surface area contributed by atoms with Crippen LogP contribution in [-0.4, -0.2) is 30.5 Å². The summed E-state index contributed by atoms with van der Waals surface area (Å²) >= 11 is 3.05. The normalized spacial score (nSPS) is 13.0. The van der Waals surface area contributed by atoms with Crippen LogP contribution in [0.3, 0.4) is 0 Å². The Labute approximate surface area is 169 Å². The number of methoxy groups -OCH3 is 1. The molecule has 1 aromatic carbocycles. The number of carbonyl (C=O) groups excluding carboxylic acids is 2. The van der Waals surface area contributed by atoms with E-state index in [0.717, 1.165) is 16.9 Å². The third-order valence-electron chi connectivity index (χ3n) is 4.51. The van der Waals surface area contributed by atoms with Crippen molar-refractivity contribution >= 4 is 35.0 Å². The lowest BCUT2D eigenvalue weighted by molar-refractivity contribution is -0.137. The first kappa shape index (κ1) is 21.5. The summed E-state index contributed by atoms with van der Waals surface area (Å²) in [5.74, 6) is 1.11. The molecule has 2 unspecified atom stereocenters. The number of benzene rings is 1. The van der Waals surface area contributed by atoms with E-state index in [4.69, 9.17) is 0 Å². The van der Waals surface area contributed by atoms with Crippen molar-refractivity contribution in [2.24, 2.45) is 0 Å². The van der Waals surface area contributed by atoms with Gasteiger partial charge >= 0.3 is 5.97 Å². The Morgan fingerprint density at radius 1 is 1.19 bits per heavy atom. The minimum Gasteiger partial charge on any atom is -0.468 e. The molecule has 0 fully saturated rings. The second-order valence-corrected chi connectivity index (χ2v) is 8.46. The predicted molar refractivity (Wildman–Crippen MR) is 113 cm³/mol. The first-order valence-corrected chi connectivity index (χ1v) is 11.2. The van der Waals surface area contributed by atoms with Crippen molar-refractivity contribution in [3.05, 3.63) is 57.8 Å². The van der Waals surface area contributed by atoms with Crippen LogP contribution in [0.25, 0.3) is 0 Å². The highest BCUT2D eigenvalue weighted by molar-refractivity contribution is 7.99. The molecule has 0 bridgehead atoms. The zero-order valence-electron chi connectivity index (χ0n) is 16.1. The maximum Gasteiger partial charge on any atom is 0.315 e. The molecule has 0 radical (unpaired) electrons. The zero-order valence-corrected chi connectivity index (χ0v) is 17.7. The molecule has 1 N–H and O–H groups in total. The number of thioether (sulfide) groups is 1. The predicted octanol–water partition coefficient (Wildman–Crippen LogP) is 4.76. The van der Waals surface area contributed by atoms with Crippen molar-refractivity contribution in [3.63, 3.8) is 0 Å². The number of hydrogen-bond donors (Lipinski definition) is 1. The van der Waals surface area contributed by atoms with Gasteiger partial charge in [-0.15, -0.1) is 23.1 Å². The van der Waals surface area contributed by atoms with Gasteiger partial charge in [-0.1, -0.05) is 44.2 Å². The van der Waals surface area contributed by atoms with Gasteiger partial charge in [0.2, 0.25) is 5.91 Å². The van der Waals surface area contributed by atoms with Crippen molar-refractivity contribution in [1.29, 1.82) is 0 Å². The second-order valence-electron chi connectivity index (χ2n) is 6.37. The molecule has 1 aromatic heterocycles. The molecule has 0 spiro atoms. The van der Waals surface area contributed by atoms with E-state index in [1.54, 1.807) is 11.3 Å². The van der Waals surface area contributed by atoms with Gasteiger partial charge in [0.05, 0.1) is 18.9 Å². The van der Waals surface area contributed by atoms with Crippen LogP contribution in [0.4, 0.5) is 0 Å². The monoisotopic (exact) mass is 405 g/mol. The average Bonchev–Trinajstić information content (AvgIpc) is 3.23. The number of esters is 1. The molecule has 0 aliphatic rings. The standard InChI is InChI=1S/C21H27NO3S2/c1-4-15(2)16-7-9-17(10-8-16)21(18-6-5-12-27-18)22-19(23)11-13-26-14-20(24)25-3/h5-10,12,15,21H,4,11,13-14H2,1-3H3,(H,22,23). The summed E-state index contributed by atoms with van der Waals surface area (Å²) in [6.45, 7) is 4.41. The van der Waals surface area contributed by atoms with Crippen molar-refractivity contribution in [1.82, 2.24) is 5.32 Å². The minimum absolute atomic E-state index is 0.0169. The van der Waals surface area contributed by atoms with E-state index in [2.05, 4.69) is 48.2 Å². The molecule has 2 rings (SSSR count). The summed E-state index contributed by atoms with van der Waals surface area (Å²) in [5.41, 5.74) is 2.40. The molecule has 27 heavy (non-hydrogen) atoms. The number of ether oxygens (including phenoxy) is 1. The van der Waals surface area contributed by atoms with Crippen molar-refractivity contribution < 1.29 is 14.3 Å². The zero-order chi connectivity index (χ0) is 19.6. The molecular weight excluding hydrogens is 378 g/mol. The number of amides is 1. The first-order chi connectivity index (χ1) is 13.0. The van der Waals surface area contributed by atoms with Crippen LogP contribution in [0.1, 0.15) is 54.7 Å². The number of carbonyl (C=O) groups is 2. The summed E-state index contributed by atoms with van der Waals surface area (Å²) in [6.07, 6.45) is 1.47. The van der Waals surface area contributed by atoms with Gasteiger partial charge in [0.15, 0.2) is 0 Å². The van der Waals surface area contributed by atoms with E-state index in [0.29, 0.717) is 18.1 Å². The van der Waals surface area contributed by atoms with Crippen LogP contribution in [0.5, 0.6) is 0 Å². The molecule has 2 atom stereocenters. The molecule has 146 valence electrons. The van der Waals surface area contributed by atoms with Crippen molar-refractivity contribution in [2.75, 3.05) is 18.6 Å². The fraction of sp³-hybridized carbons (Fsp3) is 0.429. The molecule has 0 aliphatic carbocycles. The van der Waals surface area contributed by atoms with Gasteiger partial charge in [0.25, 0.3) is 0 Å². The largest absolute Gasteiger partial charge is 0.468 e. The van der Waals surface area contributed by atoms with E-state index < -0.39 is 0 Å². The molecule has 0 saturated heterocycles. The molecule has 6 heteroatoms. The van der Waals surface area contributed by atoms with Gasteiger partial charge in [-0.2, -0.15) is 0 Å². The summed E-state index contributed by atoms with van der Waals surface area (Å²) in [6, 6.07) is 12.4. The maximum atomic E-state index is 12.4. The smallest absolute Gasteiger partial charge is 0.315 e. The lowest BCUT2D eigenvalue weighted by atomic mass is 9.95. The van der Waals surface area contributed by atoms with Crippen LogP contribution >= 0.6 is 23.1 Å². The van der Waals surface area contributed by atoms with Crippen LogP contribution in [-0.2, 0) is 14.3 Å². The van der Waals surface area contributed by atoms with Gasteiger partial charge < -0.3 is 10.1 Å². The van der Waals surface area contributed by atoms with E-state index in [9.17, 15) is 9.59 Å². The van der Waals surface area contributed by atoms with Gasteiger partial charge in [0, 0.05) is 17.1 Å². The Morgan fingerprint density at radius 2 is 1.89 bits per heavy atom. The Balaban J connectivity index is 2.01. The second kappa shape index (κ2) is 11.1. The lowest BCUT2D eigenvalue weighted by Gasteiger charge is -2.19. The third kappa shape index (κ3) is 6.70. The van der Waals surface area contributed by atoms with E-state index in [1.165, 1.54) is 24.4 Å². The van der Waals surface area contributed by atoms with Crippen LogP contribution in [0.15, 0.2) is 41.8 Å². The number of hydrogen-bond acceptors (Lipinski definition) is 5. The number of thiophene rings is 1. The fourth-order valence-corrected chi connectivity index (χ4v) is 4.20. The fourth-order valence-electron chi connectivity index (χ4n) is 2.64. The van der Waals surface area contributed by atoms with Crippen LogP contribution < -0.4 is 5.32 Å². The summed E-state index contributed by atoms with van der Waals surface area (Å²) < 4.78 is 4.60. The van der Waals surface area contributed by atoms with Crippen molar-refractivity contribution in [2.45, 2.75) is 38.6 Å². The molecular formula is C21H27NO3S2. The number of rotatable bonds is 10. The topological polar surface area (TPSA) is 55.4 Å². The molecule has 1 amide bonds. The Morgan fingerprint density at radius 3 is 2.48 bits per heavy atom. The minimum atomic E-state index is -0.265. The van der Waals surface area contributed by atoms with E-state index >= 15 is 0 Å². The van der Waals surface area contributed by atoms with Gasteiger partial charge in [-0.05, 0) is 34.9 Å².